The van der Waals surface area contributed by atoms with E-state index in [2.05, 4.69) is 10.3 Å². The first-order valence-electron chi connectivity index (χ1n) is 7.85. The molecule has 1 aliphatic rings. The molecule has 7 heteroatoms. The van der Waals surface area contributed by atoms with E-state index < -0.39 is 12.1 Å². The number of carbonyl (C=O) groups excluding carboxylic acids is 2. The number of hydrogen-bond donors (Lipinski definition) is 1. The molecule has 0 aliphatic carbocycles. The highest BCUT2D eigenvalue weighted by atomic mass is 32.1. The number of thiophene rings is 1. The van der Waals surface area contributed by atoms with E-state index in [0.717, 1.165) is 10.4 Å². The zero-order valence-electron chi connectivity index (χ0n) is 13.2. The molecule has 1 atom stereocenters. The Balaban J connectivity index is 1.46. The fourth-order valence-electron chi connectivity index (χ4n) is 2.77. The first-order valence-corrected chi connectivity index (χ1v) is 8.73. The van der Waals surface area contributed by atoms with E-state index in [-0.39, 0.29) is 12.5 Å². The van der Waals surface area contributed by atoms with Crippen LogP contribution in [0.15, 0.2) is 58.5 Å². The van der Waals surface area contributed by atoms with Gasteiger partial charge in [0, 0.05) is 6.42 Å². The van der Waals surface area contributed by atoms with Crippen LogP contribution in [0.5, 0.6) is 0 Å². The van der Waals surface area contributed by atoms with Crippen LogP contribution in [0, 0.1) is 0 Å². The smallest absolute Gasteiger partial charge is 0.325 e. The summed E-state index contributed by atoms with van der Waals surface area (Å²) in [4.78, 5) is 31.2. The van der Waals surface area contributed by atoms with Crippen LogP contribution in [0.4, 0.5) is 4.79 Å². The summed E-state index contributed by atoms with van der Waals surface area (Å²) in [6.45, 7) is 0.102. The third-order valence-corrected chi connectivity index (χ3v) is 4.85. The average Bonchev–Trinajstić information content (AvgIpc) is 3.34. The van der Waals surface area contributed by atoms with Crippen molar-refractivity contribution in [3.05, 3.63) is 65.4 Å². The van der Waals surface area contributed by atoms with Gasteiger partial charge in [0.15, 0.2) is 0 Å². The zero-order chi connectivity index (χ0) is 17.2. The van der Waals surface area contributed by atoms with Gasteiger partial charge in [0.05, 0.1) is 17.1 Å². The minimum absolute atomic E-state index is 0.102. The van der Waals surface area contributed by atoms with Crippen LogP contribution in [0.25, 0.3) is 10.8 Å². The van der Waals surface area contributed by atoms with E-state index in [1.165, 1.54) is 22.5 Å². The molecule has 3 heterocycles. The predicted octanol–water partition coefficient (Wildman–Crippen LogP) is 3.07. The Morgan fingerprint density at radius 3 is 2.76 bits per heavy atom. The SMILES string of the molecule is O=C1NC(Cc2ccccc2)C(=O)N1Cc1coc(-c2cccs2)n1. The number of hydrogen-bond acceptors (Lipinski definition) is 5. The van der Waals surface area contributed by atoms with Gasteiger partial charge < -0.3 is 9.73 Å². The highest BCUT2D eigenvalue weighted by Gasteiger charge is 2.38. The Bertz CT molecular complexity index is 889. The van der Waals surface area contributed by atoms with Crippen LogP contribution in [0.1, 0.15) is 11.3 Å². The largest absolute Gasteiger partial charge is 0.443 e. The molecular weight excluding hydrogens is 338 g/mol. The van der Waals surface area contributed by atoms with Gasteiger partial charge in [-0.2, -0.15) is 0 Å². The second-order valence-electron chi connectivity index (χ2n) is 5.74. The standard InChI is InChI=1S/C18H15N3O3S/c22-17-14(9-12-5-2-1-3-6-12)20-18(23)21(17)10-13-11-24-16(19-13)15-7-4-8-25-15/h1-8,11,14H,9-10H2,(H,20,23). The predicted molar refractivity (Wildman–Crippen MR) is 92.8 cm³/mol. The molecule has 2 aromatic heterocycles. The van der Waals surface area contributed by atoms with Crippen molar-refractivity contribution in [1.82, 2.24) is 15.2 Å². The molecule has 1 N–H and O–H groups in total. The third kappa shape index (κ3) is 3.18. The van der Waals surface area contributed by atoms with E-state index in [1.807, 2.05) is 47.8 Å². The number of oxazole rings is 1. The summed E-state index contributed by atoms with van der Waals surface area (Å²) in [5, 5.41) is 4.67. The highest BCUT2D eigenvalue weighted by molar-refractivity contribution is 7.13. The van der Waals surface area contributed by atoms with Crippen LogP contribution in [-0.2, 0) is 17.8 Å². The maximum atomic E-state index is 12.5. The van der Waals surface area contributed by atoms with Gasteiger partial charge in [0.1, 0.15) is 12.3 Å². The maximum absolute atomic E-state index is 12.5. The number of amides is 3. The summed E-state index contributed by atoms with van der Waals surface area (Å²) in [5.41, 5.74) is 1.55. The fourth-order valence-corrected chi connectivity index (χ4v) is 3.43. The number of aromatic nitrogens is 1. The van der Waals surface area contributed by atoms with Gasteiger partial charge in [-0.05, 0) is 17.0 Å². The molecule has 0 spiro atoms. The lowest BCUT2D eigenvalue weighted by Gasteiger charge is -2.11. The Labute approximate surface area is 148 Å². The van der Waals surface area contributed by atoms with Gasteiger partial charge in [-0.3, -0.25) is 9.69 Å². The molecule has 3 amide bonds. The van der Waals surface area contributed by atoms with Crippen LogP contribution in [0.2, 0.25) is 0 Å². The number of nitrogens with zero attached hydrogens (tertiary/aromatic N) is 2. The summed E-state index contributed by atoms with van der Waals surface area (Å²) in [5.74, 6) is 0.257. The molecule has 1 aliphatic heterocycles. The lowest BCUT2D eigenvalue weighted by molar-refractivity contribution is -0.127. The van der Waals surface area contributed by atoms with Gasteiger partial charge >= 0.3 is 6.03 Å². The Kier molecular flexibility index (Phi) is 4.07. The second kappa shape index (κ2) is 6.52. The molecule has 0 radical (unpaired) electrons. The molecule has 126 valence electrons. The number of urea groups is 1. The number of benzene rings is 1. The fraction of sp³-hybridized carbons (Fsp3) is 0.167. The molecule has 4 rings (SSSR count). The van der Waals surface area contributed by atoms with Crippen molar-refractivity contribution in [3.63, 3.8) is 0 Å². The van der Waals surface area contributed by atoms with Gasteiger partial charge in [0.2, 0.25) is 5.89 Å². The Hall–Kier alpha value is -2.93. The molecule has 3 aromatic rings. The summed E-state index contributed by atoms with van der Waals surface area (Å²) >= 11 is 1.52. The highest BCUT2D eigenvalue weighted by Crippen LogP contribution is 2.24. The zero-order valence-corrected chi connectivity index (χ0v) is 14.0. The minimum atomic E-state index is -0.543. The molecule has 1 fully saturated rings. The van der Waals surface area contributed by atoms with E-state index in [1.54, 1.807) is 0 Å². The van der Waals surface area contributed by atoms with Crippen molar-refractivity contribution >= 4 is 23.3 Å². The molecule has 1 saturated heterocycles. The van der Waals surface area contributed by atoms with Crippen LogP contribution in [-0.4, -0.2) is 27.9 Å². The van der Waals surface area contributed by atoms with Crippen molar-refractivity contribution in [1.29, 1.82) is 0 Å². The van der Waals surface area contributed by atoms with E-state index in [4.69, 9.17) is 4.42 Å². The number of rotatable bonds is 5. The molecule has 6 nitrogen and oxygen atoms in total. The van der Waals surface area contributed by atoms with Crippen LogP contribution < -0.4 is 5.32 Å². The first-order chi connectivity index (χ1) is 12.2. The Morgan fingerprint density at radius 2 is 2.00 bits per heavy atom. The average molecular weight is 353 g/mol. The lowest BCUT2D eigenvalue weighted by Crippen LogP contribution is -2.32. The van der Waals surface area contributed by atoms with E-state index in [9.17, 15) is 9.59 Å². The quantitative estimate of drug-likeness (QED) is 0.715. The lowest BCUT2D eigenvalue weighted by atomic mass is 10.1. The minimum Gasteiger partial charge on any atom is -0.443 e. The normalized spacial score (nSPS) is 17.1. The number of imide groups is 1. The summed E-state index contributed by atoms with van der Waals surface area (Å²) in [7, 11) is 0. The van der Waals surface area contributed by atoms with Crippen molar-refractivity contribution in [2.75, 3.05) is 0 Å². The molecule has 1 unspecified atom stereocenters. The van der Waals surface area contributed by atoms with E-state index >= 15 is 0 Å². The number of carbonyl (C=O) groups is 2. The maximum Gasteiger partial charge on any atom is 0.325 e. The Morgan fingerprint density at radius 1 is 1.16 bits per heavy atom. The van der Waals surface area contributed by atoms with E-state index in [0.29, 0.717) is 18.0 Å². The first kappa shape index (κ1) is 15.6. The topological polar surface area (TPSA) is 75.4 Å². The second-order valence-corrected chi connectivity index (χ2v) is 6.69. The summed E-state index contributed by atoms with van der Waals surface area (Å²) < 4.78 is 5.44. The van der Waals surface area contributed by atoms with Crippen LogP contribution in [0.3, 0.4) is 0 Å². The van der Waals surface area contributed by atoms with Gasteiger partial charge in [0.25, 0.3) is 5.91 Å². The monoisotopic (exact) mass is 353 g/mol. The van der Waals surface area contributed by atoms with Gasteiger partial charge in [-0.25, -0.2) is 9.78 Å². The van der Waals surface area contributed by atoms with Gasteiger partial charge in [-0.1, -0.05) is 36.4 Å². The molecule has 25 heavy (non-hydrogen) atoms. The summed E-state index contributed by atoms with van der Waals surface area (Å²) in [6.07, 6.45) is 1.96. The molecule has 0 bridgehead atoms. The van der Waals surface area contributed by atoms with Crippen LogP contribution >= 0.6 is 11.3 Å². The third-order valence-electron chi connectivity index (χ3n) is 3.99. The summed E-state index contributed by atoms with van der Waals surface area (Å²) in [6, 6.07) is 12.5. The van der Waals surface area contributed by atoms with Gasteiger partial charge in [-0.15, -0.1) is 11.3 Å². The van der Waals surface area contributed by atoms with Crippen molar-refractivity contribution in [3.8, 4) is 10.8 Å². The van der Waals surface area contributed by atoms with Crippen molar-refractivity contribution in [2.45, 2.75) is 19.0 Å². The molecular formula is C18H15N3O3S. The number of nitrogens with one attached hydrogen (secondary N) is 1. The van der Waals surface area contributed by atoms with Crippen molar-refractivity contribution in [2.24, 2.45) is 0 Å². The molecule has 0 saturated carbocycles. The van der Waals surface area contributed by atoms with Crippen molar-refractivity contribution < 1.29 is 14.0 Å². The molecule has 1 aromatic carbocycles.